The smallest absolute Gasteiger partial charge is 0.410 e. The van der Waals surface area contributed by atoms with Gasteiger partial charge >= 0.3 is 12.2 Å². The third-order valence-electron chi connectivity index (χ3n) is 11.9. The van der Waals surface area contributed by atoms with E-state index >= 15 is 4.79 Å². The first-order chi connectivity index (χ1) is 34.8. The first-order valence-corrected chi connectivity index (χ1v) is 23.7. The van der Waals surface area contributed by atoms with E-state index in [1.807, 2.05) is 37.3 Å². The second-order valence-corrected chi connectivity index (χ2v) is 17.1. The quantitative estimate of drug-likeness (QED) is 0.0326. The van der Waals surface area contributed by atoms with Gasteiger partial charge in [0, 0.05) is 63.1 Å². The number of nitrogens with zero attached hydrogens (tertiary/aromatic N) is 6. The number of aromatic nitrogens is 1. The third kappa shape index (κ3) is 15.4. The molecule has 0 radical (unpaired) electrons. The van der Waals surface area contributed by atoms with Crippen molar-refractivity contribution in [3.63, 3.8) is 0 Å². The number of piperazine rings is 1. The van der Waals surface area contributed by atoms with Gasteiger partial charge in [-0.3, -0.25) is 9.69 Å². The van der Waals surface area contributed by atoms with Crippen molar-refractivity contribution in [3.8, 4) is 11.6 Å². The SMILES string of the molecule is COCCCOc1nccc(CN(C(=O)C2=C(c3ccc(CCCOc4c(F)ccc(F)c4Cl)cc3)CC3CN(C(=O)OCCOCCO[N+](=O)[O-])CC2N3C(=O)OCCOCCO[N+](=O)[O-])C2CC2)c1C. The van der Waals surface area contributed by atoms with Crippen molar-refractivity contribution in [1.82, 2.24) is 19.7 Å². The van der Waals surface area contributed by atoms with Crippen LogP contribution < -0.4 is 9.47 Å². The summed E-state index contributed by atoms with van der Waals surface area (Å²) < 4.78 is 66.8. The average Bonchev–Trinajstić information content (AvgIpc) is 4.20. The van der Waals surface area contributed by atoms with Gasteiger partial charge in [-0.15, -0.1) is 20.2 Å². The molecule has 2 fully saturated rings. The van der Waals surface area contributed by atoms with Crippen LogP contribution in [-0.4, -0.2) is 159 Å². The van der Waals surface area contributed by atoms with Crippen LogP contribution in [0.15, 0.2) is 54.2 Å². The number of rotatable bonds is 29. The molecule has 1 aromatic heterocycles. The van der Waals surface area contributed by atoms with Crippen LogP contribution >= 0.6 is 11.6 Å². The molecule has 0 spiro atoms. The molecule has 2 aromatic carbocycles. The number of methoxy groups -OCH3 is 1. The molecule has 25 heteroatoms. The van der Waals surface area contributed by atoms with E-state index in [0.717, 1.165) is 41.7 Å². The molecule has 392 valence electrons. The highest BCUT2D eigenvalue weighted by atomic mass is 35.5. The summed E-state index contributed by atoms with van der Waals surface area (Å²) in [6.45, 7) is 1.19. The maximum Gasteiger partial charge on any atom is 0.410 e. The van der Waals surface area contributed by atoms with E-state index in [9.17, 15) is 38.6 Å². The van der Waals surface area contributed by atoms with E-state index in [0.29, 0.717) is 49.5 Å². The minimum absolute atomic E-state index is 0.0224. The molecule has 2 unspecified atom stereocenters. The number of benzene rings is 2. The van der Waals surface area contributed by atoms with E-state index in [1.165, 1.54) is 9.80 Å². The summed E-state index contributed by atoms with van der Waals surface area (Å²) in [5.74, 6) is -1.90. The third-order valence-corrected chi connectivity index (χ3v) is 12.2. The summed E-state index contributed by atoms with van der Waals surface area (Å²) in [4.78, 5) is 82.2. The van der Waals surface area contributed by atoms with Crippen LogP contribution in [-0.2, 0) is 51.1 Å². The van der Waals surface area contributed by atoms with Crippen LogP contribution in [0, 0.1) is 38.8 Å². The molecule has 3 heterocycles. The number of carbonyl (C=O) groups excluding carboxylic acids is 3. The molecule has 2 bridgehead atoms. The minimum Gasteiger partial charge on any atom is -0.489 e. The summed E-state index contributed by atoms with van der Waals surface area (Å²) in [7, 11) is 1.60. The molecule has 1 saturated carbocycles. The molecular weight excluding hydrogens is 978 g/mol. The monoisotopic (exact) mass is 1030 g/mol. The normalized spacial score (nSPS) is 16.2. The summed E-state index contributed by atoms with van der Waals surface area (Å²) in [6.07, 6.45) is 3.19. The maximum atomic E-state index is 15.6. The lowest BCUT2D eigenvalue weighted by molar-refractivity contribution is -0.758. The molecule has 22 nitrogen and oxygen atoms in total. The van der Waals surface area contributed by atoms with Gasteiger partial charge in [-0.05, 0) is 79.5 Å². The predicted molar refractivity (Wildman–Crippen MR) is 249 cm³/mol. The van der Waals surface area contributed by atoms with Crippen molar-refractivity contribution in [2.75, 3.05) is 92.9 Å². The maximum absolute atomic E-state index is 15.6. The van der Waals surface area contributed by atoms with Crippen LogP contribution in [0.3, 0.4) is 0 Å². The van der Waals surface area contributed by atoms with Gasteiger partial charge in [0.05, 0.1) is 51.7 Å². The average molecular weight is 1040 g/mol. The molecular formula is C47H57ClF2N6O16. The Morgan fingerprint density at radius 1 is 0.792 bits per heavy atom. The number of hydrogen-bond acceptors (Lipinski definition) is 17. The standard InChI is InChI=1S/C47H57ClF2N6O16/c1-31-34(14-15-51-44(31)68-18-4-16-64-2)28-53(35-10-11-35)45(57)41-37(33-8-6-32(7-9-33)5-3-17-67-43-39(50)13-12-38(49)42(43)48)27-36-29-52(46(58)69-23-19-65-21-25-71-55(60)61)30-40(41)54(36)47(59)70-24-20-66-22-26-72-56(62)63/h6-9,12-15,35-36,40H,3-5,10-11,16-30H2,1-2H3. The Labute approximate surface area is 418 Å². The Hall–Kier alpha value is -6.63. The highest BCUT2D eigenvalue weighted by Crippen LogP contribution is 2.42. The number of ether oxygens (including phenoxy) is 7. The molecule has 2 aliphatic heterocycles. The largest absolute Gasteiger partial charge is 0.489 e. The highest BCUT2D eigenvalue weighted by molar-refractivity contribution is 6.32. The van der Waals surface area contributed by atoms with Crippen LogP contribution in [0.25, 0.3) is 5.57 Å². The first-order valence-electron chi connectivity index (χ1n) is 23.3. The number of halogens is 3. The number of pyridine rings is 1. The molecule has 72 heavy (non-hydrogen) atoms. The van der Waals surface area contributed by atoms with Gasteiger partial charge in [-0.25, -0.2) is 23.4 Å². The molecule has 6 rings (SSSR count). The van der Waals surface area contributed by atoms with Crippen LogP contribution in [0.5, 0.6) is 11.6 Å². The topological polar surface area (TPSA) is 243 Å². The van der Waals surface area contributed by atoms with E-state index < -0.39 is 51.1 Å². The van der Waals surface area contributed by atoms with Crippen molar-refractivity contribution >= 4 is 35.3 Å². The lowest BCUT2D eigenvalue weighted by Crippen LogP contribution is -2.65. The van der Waals surface area contributed by atoms with Crippen molar-refractivity contribution in [3.05, 3.63) is 113 Å². The minimum atomic E-state index is -1.06. The number of amides is 3. The van der Waals surface area contributed by atoms with E-state index in [1.54, 1.807) is 18.2 Å². The van der Waals surface area contributed by atoms with E-state index in [-0.39, 0.29) is 109 Å². The zero-order chi connectivity index (χ0) is 51.6. The first kappa shape index (κ1) is 54.7. The lowest BCUT2D eigenvalue weighted by Gasteiger charge is -2.50. The van der Waals surface area contributed by atoms with Crippen LogP contribution in [0.2, 0.25) is 5.02 Å². The van der Waals surface area contributed by atoms with E-state index in [2.05, 4.69) is 14.7 Å². The Balaban J connectivity index is 1.29. The molecule has 1 aliphatic carbocycles. The van der Waals surface area contributed by atoms with Crippen molar-refractivity contribution in [2.45, 2.75) is 70.1 Å². The van der Waals surface area contributed by atoms with Gasteiger partial charge in [-0.1, -0.05) is 35.9 Å². The second kappa shape index (κ2) is 27.3. The lowest BCUT2D eigenvalue weighted by atomic mass is 9.81. The number of aryl methyl sites for hydroxylation is 1. The van der Waals surface area contributed by atoms with Gasteiger partial charge in [0.2, 0.25) is 5.88 Å². The fourth-order valence-corrected chi connectivity index (χ4v) is 8.47. The fourth-order valence-electron chi connectivity index (χ4n) is 8.26. The number of fused-ring (bicyclic) bond motifs is 2. The Morgan fingerprint density at radius 2 is 1.43 bits per heavy atom. The predicted octanol–water partition coefficient (Wildman–Crippen LogP) is 6.17. The van der Waals surface area contributed by atoms with Gasteiger partial charge in [0.1, 0.15) is 37.3 Å². The van der Waals surface area contributed by atoms with Gasteiger partial charge < -0.3 is 52.6 Å². The molecule has 3 aromatic rings. The zero-order valence-electron chi connectivity index (χ0n) is 39.8. The fraction of sp³-hybridized carbons (Fsp3) is 0.532. The summed E-state index contributed by atoms with van der Waals surface area (Å²) in [6, 6.07) is 9.25. The Kier molecular flexibility index (Phi) is 20.7. The zero-order valence-corrected chi connectivity index (χ0v) is 40.6. The highest BCUT2D eigenvalue weighted by Gasteiger charge is 2.50. The number of hydrogen-bond donors (Lipinski definition) is 0. The Bertz CT molecular complexity index is 2380. The van der Waals surface area contributed by atoms with E-state index in [4.69, 9.17) is 44.8 Å². The van der Waals surface area contributed by atoms with Crippen LogP contribution in [0.1, 0.15) is 54.4 Å². The number of carbonyl (C=O) groups is 3. The van der Waals surface area contributed by atoms with Gasteiger partial charge in [-0.2, -0.15) is 0 Å². The molecule has 0 N–H and O–H groups in total. The molecule has 3 amide bonds. The summed E-state index contributed by atoms with van der Waals surface area (Å²) in [5, 5.41) is 18.7. The molecule has 2 atom stereocenters. The Morgan fingerprint density at radius 3 is 2.08 bits per heavy atom. The summed E-state index contributed by atoms with van der Waals surface area (Å²) >= 11 is 5.94. The van der Waals surface area contributed by atoms with Crippen molar-refractivity contribution in [1.29, 1.82) is 0 Å². The molecule has 3 aliphatic rings. The summed E-state index contributed by atoms with van der Waals surface area (Å²) in [5.41, 5.74) is 4.02. The molecule has 1 saturated heterocycles. The van der Waals surface area contributed by atoms with Crippen molar-refractivity contribution in [2.24, 2.45) is 0 Å². The second-order valence-electron chi connectivity index (χ2n) is 16.7. The van der Waals surface area contributed by atoms with Gasteiger partial charge in [0.25, 0.3) is 16.1 Å². The van der Waals surface area contributed by atoms with Gasteiger partial charge in [0.15, 0.2) is 11.6 Å². The van der Waals surface area contributed by atoms with Crippen molar-refractivity contribution < 1.29 is 76.2 Å². The van der Waals surface area contributed by atoms with Crippen LogP contribution in [0.4, 0.5) is 18.4 Å².